The van der Waals surface area contributed by atoms with Gasteiger partial charge in [-0.15, -0.1) is 0 Å². The van der Waals surface area contributed by atoms with Crippen LogP contribution < -0.4 is 5.32 Å². The van der Waals surface area contributed by atoms with E-state index in [1.54, 1.807) is 0 Å². The van der Waals surface area contributed by atoms with Crippen LogP contribution in [0.2, 0.25) is 0 Å². The molecule has 0 spiro atoms. The summed E-state index contributed by atoms with van der Waals surface area (Å²) >= 11 is 3.66. The van der Waals surface area contributed by atoms with Crippen LogP contribution in [-0.4, -0.2) is 16.8 Å². The van der Waals surface area contributed by atoms with E-state index in [9.17, 15) is 0 Å². The summed E-state index contributed by atoms with van der Waals surface area (Å²) in [6, 6.07) is 0.421. The maximum atomic E-state index is 4.45. The van der Waals surface area contributed by atoms with Crippen molar-refractivity contribution in [2.75, 3.05) is 7.05 Å². The van der Waals surface area contributed by atoms with Crippen LogP contribution in [0.15, 0.2) is 10.7 Å². The molecular weight excluding hydrogens is 290 g/mol. The van der Waals surface area contributed by atoms with E-state index in [-0.39, 0.29) is 0 Å². The number of aryl methyl sites for hydroxylation is 1. The molecule has 0 amide bonds. The van der Waals surface area contributed by atoms with Crippen molar-refractivity contribution in [1.82, 2.24) is 15.1 Å². The Hall–Kier alpha value is -0.350. The van der Waals surface area contributed by atoms with Gasteiger partial charge in [-0.25, -0.2) is 0 Å². The molecule has 1 aromatic rings. The lowest BCUT2D eigenvalue weighted by atomic mass is 9.77. The minimum Gasteiger partial charge on any atom is -0.311 e. The van der Waals surface area contributed by atoms with Crippen LogP contribution in [0.5, 0.6) is 0 Å². The van der Waals surface area contributed by atoms with Gasteiger partial charge in [-0.1, -0.05) is 19.8 Å². The zero-order chi connectivity index (χ0) is 13.1. The first-order valence-corrected chi connectivity index (χ1v) is 7.85. The second-order valence-electron chi connectivity index (χ2n) is 5.49. The summed E-state index contributed by atoms with van der Waals surface area (Å²) in [5, 5.41) is 7.97. The number of rotatable bonds is 4. The van der Waals surface area contributed by atoms with Crippen LogP contribution >= 0.6 is 15.9 Å². The predicted molar refractivity (Wildman–Crippen MR) is 78.5 cm³/mol. The van der Waals surface area contributed by atoms with Gasteiger partial charge in [0, 0.05) is 6.54 Å². The fourth-order valence-electron chi connectivity index (χ4n) is 3.31. The van der Waals surface area contributed by atoms with Crippen molar-refractivity contribution in [2.24, 2.45) is 11.8 Å². The fourth-order valence-corrected chi connectivity index (χ4v) is 3.86. The van der Waals surface area contributed by atoms with E-state index >= 15 is 0 Å². The number of hydrogen-bond acceptors (Lipinski definition) is 2. The van der Waals surface area contributed by atoms with Crippen molar-refractivity contribution < 1.29 is 0 Å². The average molecular weight is 314 g/mol. The third-order valence-electron chi connectivity index (χ3n) is 4.19. The molecule has 0 aliphatic heterocycles. The molecule has 0 bridgehead atoms. The Morgan fingerprint density at radius 1 is 1.56 bits per heavy atom. The van der Waals surface area contributed by atoms with E-state index in [2.05, 4.69) is 51.9 Å². The normalized spacial score (nSPS) is 26.2. The smallest absolute Gasteiger partial charge is 0.0698 e. The molecule has 1 aliphatic carbocycles. The Kier molecular flexibility index (Phi) is 4.84. The Morgan fingerprint density at radius 2 is 2.33 bits per heavy atom. The minimum absolute atomic E-state index is 0.421. The van der Waals surface area contributed by atoms with E-state index < -0.39 is 0 Å². The summed E-state index contributed by atoms with van der Waals surface area (Å²) < 4.78 is 3.26. The Labute approximate surface area is 118 Å². The van der Waals surface area contributed by atoms with Gasteiger partial charge >= 0.3 is 0 Å². The second kappa shape index (κ2) is 6.20. The molecule has 1 aromatic heterocycles. The molecule has 18 heavy (non-hydrogen) atoms. The van der Waals surface area contributed by atoms with Gasteiger partial charge in [0.1, 0.15) is 0 Å². The van der Waals surface area contributed by atoms with Gasteiger partial charge in [-0.3, -0.25) is 4.68 Å². The molecule has 4 heteroatoms. The van der Waals surface area contributed by atoms with E-state index in [1.807, 2.05) is 6.20 Å². The molecule has 102 valence electrons. The Morgan fingerprint density at radius 3 is 2.94 bits per heavy atom. The van der Waals surface area contributed by atoms with Gasteiger partial charge in [0.15, 0.2) is 0 Å². The topological polar surface area (TPSA) is 29.9 Å². The SMILES string of the molecule is CCn1ncc(Br)c1C(NC)C1CCCC(C)C1. The highest BCUT2D eigenvalue weighted by atomic mass is 79.9. The maximum Gasteiger partial charge on any atom is 0.0698 e. The molecule has 1 N–H and O–H groups in total. The van der Waals surface area contributed by atoms with E-state index in [0.29, 0.717) is 6.04 Å². The number of nitrogens with one attached hydrogen (secondary N) is 1. The van der Waals surface area contributed by atoms with Crippen LogP contribution in [0.3, 0.4) is 0 Å². The molecule has 3 nitrogen and oxygen atoms in total. The molecule has 0 aromatic carbocycles. The van der Waals surface area contributed by atoms with Crippen LogP contribution in [-0.2, 0) is 6.54 Å². The van der Waals surface area contributed by atoms with Crippen molar-refractivity contribution in [2.45, 2.75) is 52.1 Å². The number of halogens is 1. The first-order valence-electron chi connectivity index (χ1n) is 7.05. The first kappa shape index (κ1) is 14.1. The lowest BCUT2D eigenvalue weighted by Gasteiger charge is -2.33. The van der Waals surface area contributed by atoms with Crippen LogP contribution in [0, 0.1) is 11.8 Å². The van der Waals surface area contributed by atoms with Gasteiger partial charge < -0.3 is 5.32 Å². The van der Waals surface area contributed by atoms with Crippen molar-refractivity contribution >= 4 is 15.9 Å². The van der Waals surface area contributed by atoms with E-state index in [4.69, 9.17) is 0 Å². The lowest BCUT2D eigenvalue weighted by molar-refractivity contribution is 0.223. The summed E-state index contributed by atoms with van der Waals surface area (Å²) in [5.74, 6) is 1.59. The summed E-state index contributed by atoms with van der Waals surface area (Å²) in [7, 11) is 2.07. The molecule has 0 radical (unpaired) electrons. The minimum atomic E-state index is 0.421. The summed E-state index contributed by atoms with van der Waals surface area (Å²) in [5.41, 5.74) is 1.32. The third kappa shape index (κ3) is 2.80. The molecule has 1 heterocycles. The number of aromatic nitrogens is 2. The second-order valence-corrected chi connectivity index (χ2v) is 6.35. The van der Waals surface area contributed by atoms with Crippen molar-refractivity contribution in [3.63, 3.8) is 0 Å². The highest BCUT2D eigenvalue weighted by Crippen LogP contribution is 2.38. The third-order valence-corrected chi connectivity index (χ3v) is 4.80. The van der Waals surface area contributed by atoms with Gasteiger partial charge in [0.05, 0.1) is 22.4 Å². The number of nitrogens with zero attached hydrogens (tertiary/aromatic N) is 2. The van der Waals surface area contributed by atoms with Crippen molar-refractivity contribution in [3.05, 3.63) is 16.4 Å². The molecule has 1 fully saturated rings. The van der Waals surface area contributed by atoms with Crippen molar-refractivity contribution in [1.29, 1.82) is 0 Å². The zero-order valence-electron chi connectivity index (χ0n) is 11.6. The van der Waals surface area contributed by atoms with E-state index in [1.165, 1.54) is 31.4 Å². The zero-order valence-corrected chi connectivity index (χ0v) is 13.2. The van der Waals surface area contributed by atoms with Crippen LogP contribution in [0.1, 0.15) is 51.3 Å². The summed E-state index contributed by atoms with van der Waals surface area (Å²) in [6.45, 7) is 5.46. The number of hydrogen-bond donors (Lipinski definition) is 1. The van der Waals surface area contributed by atoms with Gasteiger partial charge in [-0.05, 0) is 54.6 Å². The first-order chi connectivity index (χ1) is 8.67. The quantitative estimate of drug-likeness (QED) is 0.917. The van der Waals surface area contributed by atoms with Crippen LogP contribution in [0.4, 0.5) is 0 Å². The largest absolute Gasteiger partial charge is 0.311 e. The van der Waals surface area contributed by atoms with E-state index in [0.717, 1.165) is 22.9 Å². The highest BCUT2D eigenvalue weighted by Gasteiger charge is 2.30. The van der Waals surface area contributed by atoms with Gasteiger partial charge in [-0.2, -0.15) is 5.10 Å². The standard InChI is InChI=1S/C14H24BrN3/c1-4-18-14(12(15)9-17-18)13(16-3)11-7-5-6-10(2)8-11/h9-11,13,16H,4-8H2,1-3H3. The molecule has 3 atom stereocenters. The van der Waals surface area contributed by atoms with Gasteiger partial charge in [0.2, 0.25) is 0 Å². The molecule has 2 rings (SSSR count). The Balaban J connectivity index is 2.24. The predicted octanol–water partition coefficient (Wildman–Crippen LogP) is 3.75. The highest BCUT2D eigenvalue weighted by molar-refractivity contribution is 9.10. The average Bonchev–Trinajstić information content (AvgIpc) is 2.72. The molecule has 3 unspecified atom stereocenters. The monoisotopic (exact) mass is 313 g/mol. The summed E-state index contributed by atoms with van der Waals surface area (Å²) in [6.07, 6.45) is 7.34. The summed E-state index contributed by atoms with van der Waals surface area (Å²) in [4.78, 5) is 0. The molecule has 0 saturated heterocycles. The molecule has 1 saturated carbocycles. The van der Waals surface area contributed by atoms with Crippen LogP contribution in [0.25, 0.3) is 0 Å². The molecule has 1 aliphatic rings. The fraction of sp³-hybridized carbons (Fsp3) is 0.786. The molecular formula is C14H24BrN3. The van der Waals surface area contributed by atoms with Crippen molar-refractivity contribution in [3.8, 4) is 0 Å². The Bertz CT molecular complexity index is 388. The maximum absolute atomic E-state index is 4.45. The van der Waals surface area contributed by atoms with Gasteiger partial charge in [0.25, 0.3) is 0 Å². The lowest BCUT2D eigenvalue weighted by Crippen LogP contribution is -2.31.